The predicted molar refractivity (Wildman–Crippen MR) is 70.9 cm³/mol. The van der Waals surface area contributed by atoms with E-state index in [0.29, 0.717) is 5.69 Å². The number of nitrogens with one attached hydrogen (secondary N) is 1. The van der Waals surface area contributed by atoms with Crippen LogP contribution in [0.5, 0.6) is 0 Å². The van der Waals surface area contributed by atoms with Crippen LogP contribution in [-0.2, 0) is 0 Å². The van der Waals surface area contributed by atoms with Crippen molar-refractivity contribution in [3.8, 4) is 0 Å². The number of carbonyl (C=O) groups is 1. The molecule has 2 N–H and O–H groups in total. The average molecular weight is 301 g/mol. The molecule has 0 saturated heterocycles. The molecule has 0 fully saturated rings. The fourth-order valence-electron chi connectivity index (χ4n) is 1.46. The zero-order valence-electron chi connectivity index (χ0n) is 9.32. The van der Waals surface area contributed by atoms with Crippen molar-refractivity contribution in [2.45, 2.75) is 0 Å². The summed E-state index contributed by atoms with van der Waals surface area (Å²) < 4.78 is 13.2. The molecule has 0 bridgehead atoms. The first-order chi connectivity index (χ1) is 8.94. The number of aromatic nitrogens is 1. The first kappa shape index (κ1) is 13.6. The molecule has 0 radical (unpaired) electrons. The normalized spacial score (nSPS) is 10.3. The summed E-state index contributed by atoms with van der Waals surface area (Å²) in [6.07, 6.45) is 0. The first-order valence-corrected chi connectivity index (χ1v) is 5.83. The zero-order valence-corrected chi connectivity index (χ0v) is 10.8. The van der Waals surface area contributed by atoms with Crippen molar-refractivity contribution >= 4 is 40.7 Å². The van der Waals surface area contributed by atoms with Gasteiger partial charge in [0.2, 0.25) is 0 Å². The minimum Gasteiger partial charge on any atom is -0.478 e. The highest BCUT2D eigenvalue weighted by Crippen LogP contribution is 2.23. The van der Waals surface area contributed by atoms with E-state index in [2.05, 4.69) is 10.3 Å². The number of halogens is 3. The molecule has 0 aliphatic heterocycles. The van der Waals surface area contributed by atoms with Gasteiger partial charge in [-0.15, -0.1) is 0 Å². The summed E-state index contributed by atoms with van der Waals surface area (Å²) >= 11 is 11.4. The van der Waals surface area contributed by atoms with E-state index in [9.17, 15) is 9.18 Å². The number of rotatable bonds is 3. The third-order valence-corrected chi connectivity index (χ3v) is 2.59. The standard InChI is InChI=1S/C12H7Cl2FN2O2/c13-7-3-8(15)5-9(4-7)16-11-2-6(12(18)19)1-10(14)17-11/h1-5H,(H,16,17)(H,18,19). The van der Waals surface area contributed by atoms with Crippen LogP contribution in [0, 0.1) is 5.82 Å². The molecular weight excluding hydrogens is 294 g/mol. The molecule has 0 unspecified atom stereocenters. The number of carboxylic acids is 1. The highest BCUT2D eigenvalue weighted by atomic mass is 35.5. The molecule has 0 saturated carbocycles. The minimum atomic E-state index is -1.13. The van der Waals surface area contributed by atoms with Gasteiger partial charge in [-0.05, 0) is 30.3 Å². The van der Waals surface area contributed by atoms with Gasteiger partial charge >= 0.3 is 5.97 Å². The number of hydrogen-bond acceptors (Lipinski definition) is 3. The zero-order chi connectivity index (χ0) is 14.0. The molecule has 0 atom stereocenters. The van der Waals surface area contributed by atoms with Gasteiger partial charge < -0.3 is 10.4 Å². The summed E-state index contributed by atoms with van der Waals surface area (Å²) in [6.45, 7) is 0. The maximum atomic E-state index is 13.2. The Hall–Kier alpha value is -1.85. The molecule has 1 heterocycles. The predicted octanol–water partition coefficient (Wildman–Crippen LogP) is 3.97. The van der Waals surface area contributed by atoms with Crippen LogP contribution in [0.4, 0.5) is 15.9 Å². The van der Waals surface area contributed by atoms with Crippen molar-refractivity contribution in [1.82, 2.24) is 4.98 Å². The molecule has 2 aromatic rings. The monoisotopic (exact) mass is 300 g/mol. The van der Waals surface area contributed by atoms with Gasteiger partial charge in [-0.25, -0.2) is 14.2 Å². The van der Waals surface area contributed by atoms with Gasteiger partial charge in [0, 0.05) is 10.7 Å². The highest BCUT2D eigenvalue weighted by Gasteiger charge is 2.08. The second-order valence-electron chi connectivity index (χ2n) is 3.65. The van der Waals surface area contributed by atoms with Gasteiger partial charge in [0.15, 0.2) is 0 Å². The van der Waals surface area contributed by atoms with Crippen LogP contribution in [0.15, 0.2) is 30.3 Å². The van der Waals surface area contributed by atoms with Crippen LogP contribution in [0.3, 0.4) is 0 Å². The Bertz CT molecular complexity index is 629. The molecule has 4 nitrogen and oxygen atoms in total. The van der Waals surface area contributed by atoms with E-state index in [1.165, 1.54) is 24.3 Å². The van der Waals surface area contributed by atoms with Crippen LogP contribution in [-0.4, -0.2) is 16.1 Å². The van der Waals surface area contributed by atoms with Gasteiger partial charge in [0.05, 0.1) is 5.56 Å². The SMILES string of the molecule is O=C(O)c1cc(Cl)nc(Nc2cc(F)cc(Cl)c2)c1. The molecule has 2 rings (SSSR count). The Balaban J connectivity index is 2.35. The number of nitrogens with zero attached hydrogens (tertiary/aromatic N) is 1. The summed E-state index contributed by atoms with van der Waals surface area (Å²) in [5, 5.41) is 11.9. The lowest BCUT2D eigenvalue weighted by Crippen LogP contribution is -2.01. The van der Waals surface area contributed by atoms with Crippen molar-refractivity contribution < 1.29 is 14.3 Å². The number of pyridine rings is 1. The second kappa shape index (κ2) is 5.42. The topological polar surface area (TPSA) is 62.2 Å². The number of benzene rings is 1. The summed E-state index contributed by atoms with van der Waals surface area (Å²) in [5.41, 5.74) is 0.320. The van der Waals surface area contributed by atoms with E-state index < -0.39 is 11.8 Å². The van der Waals surface area contributed by atoms with Gasteiger partial charge in [-0.2, -0.15) is 0 Å². The second-order valence-corrected chi connectivity index (χ2v) is 4.48. The highest BCUT2D eigenvalue weighted by molar-refractivity contribution is 6.31. The maximum Gasteiger partial charge on any atom is 0.335 e. The van der Waals surface area contributed by atoms with E-state index in [0.717, 1.165) is 6.07 Å². The molecule has 19 heavy (non-hydrogen) atoms. The van der Waals surface area contributed by atoms with Crippen molar-refractivity contribution in [3.05, 3.63) is 51.9 Å². The van der Waals surface area contributed by atoms with E-state index >= 15 is 0 Å². The van der Waals surface area contributed by atoms with Crippen LogP contribution < -0.4 is 5.32 Å². The van der Waals surface area contributed by atoms with E-state index in [-0.39, 0.29) is 21.6 Å². The van der Waals surface area contributed by atoms with Gasteiger partial charge in [-0.3, -0.25) is 0 Å². The third kappa shape index (κ3) is 3.56. The van der Waals surface area contributed by atoms with Gasteiger partial charge in [-0.1, -0.05) is 23.2 Å². The summed E-state index contributed by atoms with van der Waals surface area (Å²) in [5.74, 6) is -1.47. The summed E-state index contributed by atoms with van der Waals surface area (Å²) in [7, 11) is 0. The molecule has 7 heteroatoms. The maximum absolute atomic E-state index is 13.2. The third-order valence-electron chi connectivity index (χ3n) is 2.18. The fraction of sp³-hybridized carbons (Fsp3) is 0. The molecule has 0 spiro atoms. The summed E-state index contributed by atoms with van der Waals surface area (Å²) in [4.78, 5) is 14.8. The van der Waals surface area contributed by atoms with Crippen molar-refractivity contribution in [2.24, 2.45) is 0 Å². The fourth-order valence-corrected chi connectivity index (χ4v) is 1.89. The molecular formula is C12H7Cl2FN2O2. The molecule has 0 aliphatic rings. The van der Waals surface area contributed by atoms with E-state index in [1.807, 2.05) is 0 Å². The number of aromatic carboxylic acids is 1. The summed E-state index contributed by atoms with van der Waals surface area (Å²) in [6, 6.07) is 6.34. The minimum absolute atomic E-state index is 0.0184. The van der Waals surface area contributed by atoms with Gasteiger partial charge in [0.25, 0.3) is 0 Å². The van der Waals surface area contributed by atoms with Crippen molar-refractivity contribution in [1.29, 1.82) is 0 Å². The van der Waals surface area contributed by atoms with Crippen LogP contribution in [0.2, 0.25) is 10.2 Å². The Morgan fingerprint density at radius 3 is 2.58 bits per heavy atom. The molecule has 98 valence electrons. The number of carboxylic acid groups (broad SMARTS) is 1. The number of anilines is 2. The van der Waals surface area contributed by atoms with Crippen LogP contribution in [0.25, 0.3) is 0 Å². The quantitative estimate of drug-likeness (QED) is 0.842. The molecule has 1 aromatic heterocycles. The van der Waals surface area contributed by atoms with Gasteiger partial charge in [0.1, 0.15) is 16.8 Å². The Labute approximate surface area is 117 Å². The van der Waals surface area contributed by atoms with E-state index in [4.69, 9.17) is 28.3 Å². The molecule has 0 aliphatic carbocycles. The lowest BCUT2D eigenvalue weighted by atomic mass is 10.2. The largest absolute Gasteiger partial charge is 0.478 e. The van der Waals surface area contributed by atoms with Crippen LogP contribution in [0.1, 0.15) is 10.4 Å². The van der Waals surface area contributed by atoms with E-state index in [1.54, 1.807) is 0 Å². The Kier molecular flexibility index (Phi) is 3.87. The molecule has 1 aromatic carbocycles. The first-order valence-electron chi connectivity index (χ1n) is 5.08. The lowest BCUT2D eigenvalue weighted by molar-refractivity contribution is 0.0697. The lowest BCUT2D eigenvalue weighted by Gasteiger charge is -2.07. The van der Waals surface area contributed by atoms with Crippen molar-refractivity contribution in [3.63, 3.8) is 0 Å². The Morgan fingerprint density at radius 1 is 1.21 bits per heavy atom. The Morgan fingerprint density at radius 2 is 1.95 bits per heavy atom. The van der Waals surface area contributed by atoms with Crippen molar-refractivity contribution in [2.75, 3.05) is 5.32 Å². The number of hydrogen-bond donors (Lipinski definition) is 2. The smallest absolute Gasteiger partial charge is 0.335 e. The molecule has 0 amide bonds. The average Bonchev–Trinajstić information content (AvgIpc) is 2.26. The van der Waals surface area contributed by atoms with Crippen LogP contribution >= 0.6 is 23.2 Å².